The van der Waals surface area contributed by atoms with Gasteiger partial charge in [0.2, 0.25) is 0 Å². The number of nitriles is 1. The SMILES string of the molecule is CN(C)c1nccnc1NCCCc1nn(-c2ccc(F)cc2)c(N)c1C#N. The lowest BCUT2D eigenvalue weighted by Crippen LogP contribution is -2.15. The first kappa shape index (κ1) is 19.1. The summed E-state index contributed by atoms with van der Waals surface area (Å²) in [6.45, 7) is 0.633. The van der Waals surface area contributed by atoms with Crippen LogP contribution in [0, 0.1) is 17.1 Å². The summed E-state index contributed by atoms with van der Waals surface area (Å²) in [6, 6.07) is 7.92. The lowest BCUT2D eigenvalue weighted by Gasteiger charge is -2.15. The van der Waals surface area contributed by atoms with Crippen LogP contribution in [-0.4, -0.2) is 40.4 Å². The Morgan fingerprint density at radius 3 is 2.61 bits per heavy atom. The fourth-order valence-electron chi connectivity index (χ4n) is 2.80. The van der Waals surface area contributed by atoms with E-state index in [-0.39, 0.29) is 11.6 Å². The van der Waals surface area contributed by atoms with Crippen LogP contribution in [-0.2, 0) is 6.42 Å². The summed E-state index contributed by atoms with van der Waals surface area (Å²) in [5.74, 6) is 1.36. The highest BCUT2D eigenvalue weighted by Crippen LogP contribution is 2.22. The van der Waals surface area contributed by atoms with Crippen LogP contribution in [0.5, 0.6) is 0 Å². The zero-order valence-electron chi connectivity index (χ0n) is 15.7. The fourth-order valence-corrected chi connectivity index (χ4v) is 2.80. The van der Waals surface area contributed by atoms with Crippen molar-refractivity contribution in [2.24, 2.45) is 0 Å². The maximum atomic E-state index is 13.1. The fraction of sp³-hybridized carbons (Fsp3) is 0.263. The minimum absolute atomic E-state index is 0.251. The van der Waals surface area contributed by atoms with E-state index in [1.807, 2.05) is 19.0 Å². The van der Waals surface area contributed by atoms with Crippen LogP contribution in [0.15, 0.2) is 36.7 Å². The summed E-state index contributed by atoms with van der Waals surface area (Å²) < 4.78 is 14.6. The average Bonchev–Trinajstić information content (AvgIpc) is 3.01. The van der Waals surface area contributed by atoms with Crippen LogP contribution in [0.4, 0.5) is 21.8 Å². The van der Waals surface area contributed by atoms with E-state index in [2.05, 4.69) is 26.5 Å². The molecule has 28 heavy (non-hydrogen) atoms. The van der Waals surface area contributed by atoms with Crippen molar-refractivity contribution in [2.75, 3.05) is 36.6 Å². The molecule has 2 heterocycles. The van der Waals surface area contributed by atoms with Gasteiger partial charge in [-0.2, -0.15) is 10.4 Å². The van der Waals surface area contributed by atoms with Crippen LogP contribution in [0.2, 0.25) is 0 Å². The molecule has 0 fully saturated rings. The summed E-state index contributed by atoms with van der Waals surface area (Å²) in [4.78, 5) is 10.5. The van der Waals surface area contributed by atoms with Crippen molar-refractivity contribution in [3.05, 3.63) is 53.7 Å². The molecule has 144 valence electrons. The predicted octanol–water partition coefficient (Wildman–Crippen LogP) is 2.37. The summed E-state index contributed by atoms with van der Waals surface area (Å²) in [5, 5.41) is 17.2. The summed E-state index contributed by atoms with van der Waals surface area (Å²) in [6.07, 6.45) is 4.56. The number of hydrogen-bond donors (Lipinski definition) is 2. The van der Waals surface area contributed by atoms with Gasteiger partial charge in [0.15, 0.2) is 11.6 Å². The van der Waals surface area contributed by atoms with E-state index in [4.69, 9.17) is 5.73 Å². The highest BCUT2D eigenvalue weighted by Gasteiger charge is 2.16. The molecule has 8 nitrogen and oxygen atoms in total. The smallest absolute Gasteiger partial charge is 0.171 e. The Hall–Kier alpha value is -3.67. The molecule has 3 aromatic rings. The van der Waals surface area contributed by atoms with Crippen molar-refractivity contribution in [3.8, 4) is 11.8 Å². The number of benzene rings is 1. The van der Waals surface area contributed by atoms with Gasteiger partial charge in [-0.25, -0.2) is 19.0 Å². The molecule has 9 heteroatoms. The number of nitrogens with two attached hydrogens (primary N) is 1. The van der Waals surface area contributed by atoms with Gasteiger partial charge in [-0.1, -0.05) is 0 Å². The summed E-state index contributed by atoms with van der Waals surface area (Å²) in [7, 11) is 3.80. The van der Waals surface area contributed by atoms with E-state index >= 15 is 0 Å². The summed E-state index contributed by atoms with van der Waals surface area (Å²) >= 11 is 0. The van der Waals surface area contributed by atoms with E-state index in [1.54, 1.807) is 24.5 Å². The Morgan fingerprint density at radius 1 is 1.21 bits per heavy atom. The molecule has 2 aromatic heterocycles. The molecule has 3 rings (SSSR count). The quantitative estimate of drug-likeness (QED) is 0.606. The van der Waals surface area contributed by atoms with Crippen molar-refractivity contribution >= 4 is 17.5 Å². The molecule has 0 radical (unpaired) electrons. The lowest BCUT2D eigenvalue weighted by molar-refractivity contribution is 0.627. The van der Waals surface area contributed by atoms with Crippen molar-refractivity contribution in [2.45, 2.75) is 12.8 Å². The standard InChI is InChI=1S/C19H21FN8/c1-27(2)19-18(24-10-11-25-19)23-9-3-4-16-15(12-21)17(22)28(26-16)14-7-5-13(20)6-8-14/h5-8,10-11H,3-4,9,22H2,1-2H3,(H,23,24). The molecule has 0 saturated heterocycles. The highest BCUT2D eigenvalue weighted by atomic mass is 19.1. The van der Waals surface area contributed by atoms with Gasteiger partial charge in [0.1, 0.15) is 23.3 Å². The van der Waals surface area contributed by atoms with E-state index in [9.17, 15) is 9.65 Å². The third kappa shape index (κ3) is 4.01. The number of aryl methyl sites for hydroxylation is 1. The first-order valence-electron chi connectivity index (χ1n) is 8.77. The van der Waals surface area contributed by atoms with E-state index in [0.29, 0.717) is 35.7 Å². The predicted molar refractivity (Wildman–Crippen MR) is 106 cm³/mol. The van der Waals surface area contributed by atoms with E-state index in [0.717, 1.165) is 12.2 Å². The van der Waals surface area contributed by atoms with Crippen molar-refractivity contribution in [3.63, 3.8) is 0 Å². The molecule has 0 unspecified atom stereocenters. The number of rotatable bonds is 7. The average molecular weight is 380 g/mol. The van der Waals surface area contributed by atoms with Gasteiger partial charge in [0, 0.05) is 33.0 Å². The Morgan fingerprint density at radius 2 is 1.93 bits per heavy atom. The van der Waals surface area contributed by atoms with Crippen LogP contribution in [0.1, 0.15) is 17.7 Å². The lowest BCUT2D eigenvalue weighted by atomic mass is 10.1. The number of anilines is 3. The molecule has 0 amide bonds. The van der Waals surface area contributed by atoms with E-state index < -0.39 is 0 Å². The number of halogens is 1. The normalized spacial score (nSPS) is 10.5. The Kier molecular flexibility index (Phi) is 5.69. The Bertz CT molecular complexity index is 988. The van der Waals surface area contributed by atoms with Crippen LogP contribution < -0.4 is 16.0 Å². The molecule has 0 spiro atoms. The van der Waals surface area contributed by atoms with Gasteiger partial charge >= 0.3 is 0 Å². The topological polar surface area (TPSA) is 109 Å². The number of hydrogen-bond acceptors (Lipinski definition) is 7. The summed E-state index contributed by atoms with van der Waals surface area (Å²) in [5.41, 5.74) is 7.64. The zero-order valence-corrected chi connectivity index (χ0v) is 15.7. The highest BCUT2D eigenvalue weighted by molar-refractivity contribution is 5.59. The van der Waals surface area contributed by atoms with Gasteiger partial charge in [-0.3, -0.25) is 0 Å². The van der Waals surface area contributed by atoms with Crippen molar-refractivity contribution in [1.82, 2.24) is 19.7 Å². The molecule has 3 N–H and O–H groups in total. The largest absolute Gasteiger partial charge is 0.382 e. The third-order valence-corrected chi connectivity index (χ3v) is 4.16. The number of nitrogens with one attached hydrogen (secondary N) is 1. The number of nitrogen functional groups attached to an aromatic ring is 1. The van der Waals surface area contributed by atoms with Gasteiger partial charge in [0.25, 0.3) is 0 Å². The molecule has 0 atom stereocenters. The maximum Gasteiger partial charge on any atom is 0.171 e. The molecular formula is C19H21FN8. The van der Waals surface area contributed by atoms with Crippen LogP contribution >= 0.6 is 0 Å². The van der Waals surface area contributed by atoms with Gasteiger partial charge in [0.05, 0.1) is 11.4 Å². The Balaban J connectivity index is 1.69. The monoisotopic (exact) mass is 380 g/mol. The molecular weight excluding hydrogens is 359 g/mol. The molecule has 0 aliphatic rings. The second-order valence-electron chi connectivity index (χ2n) is 6.36. The second-order valence-corrected chi connectivity index (χ2v) is 6.36. The van der Waals surface area contributed by atoms with Crippen molar-refractivity contribution in [1.29, 1.82) is 5.26 Å². The Labute approximate surface area is 162 Å². The van der Waals surface area contributed by atoms with Crippen LogP contribution in [0.3, 0.4) is 0 Å². The minimum Gasteiger partial charge on any atom is -0.382 e. The van der Waals surface area contributed by atoms with Crippen LogP contribution in [0.25, 0.3) is 5.69 Å². The first-order chi connectivity index (χ1) is 13.5. The minimum atomic E-state index is -0.345. The molecule has 1 aromatic carbocycles. The maximum absolute atomic E-state index is 13.1. The van der Waals surface area contributed by atoms with E-state index in [1.165, 1.54) is 16.8 Å². The second kappa shape index (κ2) is 8.35. The molecule has 0 bridgehead atoms. The van der Waals surface area contributed by atoms with Crippen molar-refractivity contribution < 1.29 is 4.39 Å². The molecule has 0 aliphatic carbocycles. The third-order valence-electron chi connectivity index (χ3n) is 4.16. The first-order valence-corrected chi connectivity index (χ1v) is 8.77. The number of aromatic nitrogens is 4. The van der Waals surface area contributed by atoms with Gasteiger partial charge in [-0.15, -0.1) is 0 Å². The van der Waals surface area contributed by atoms with Gasteiger partial charge in [-0.05, 0) is 37.1 Å². The van der Waals surface area contributed by atoms with Gasteiger partial charge < -0.3 is 16.0 Å². The zero-order chi connectivity index (χ0) is 20.1. The number of nitrogens with zero attached hydrogens (tertiary/aromatic N) is 6. The molecule has 0 aliphatic heterocycles. The molecule has 0 saturated carbocycles.